The van der Waals surface area contributed by atoms with Gasteiger partial charge in [-0.1, -0.05) is 31.5 Å². The summed E-state index contributed by atoms with van der Waals surface area (Å²) in [7, 11) is 2.06. The molecule has 3 nitrogen and oxygen atoms in total. The minimum atomic E-state index is 0.653. The van der Waals surface area contributed by atoms with E-state index in [1.807, 2.05) is 24.2 Å². The Bertz CT molecular complexity index is 350. The van der Waals surface area contributed by atoms with Crippen molar-refractivity contribution < 1.29 is 0 Å². The van der Waals surface area contributed by atoms with Gasteiger partial charge < -0.3 is 10.3 Å². The van der Waals surface area contributed by atoms with Crippen molar-refractivity contribution in [3.05, 3.63) is 12.4 Å². The lowest BCUT2D eigenvalue weighted by molar-refractivity contribution is 0.283. The summed E-state index contributed by atoms with van der Waals surface area (Å²) in [5.74, 6) is 1.55. The highest BCUT2D eigenvalue weighted by atomic mass is 32.2. The first-order chi connectivity index (χ1) is 8.24. The summed E-state index contributed by atoms with van der Waals surface area (Å²) in [6, 6.07) is 0. The first-order valence-corrected chi connectivity index (χ1v) is 7.46. The molecule has 0 aliphatic heterocycles. The fourth-order valence-electron chi connectivity index (χ4n) is 2.66. The fraction of sp³-hybridized carbons (Fsp3) is 0.769. The lowest BCUT2D eigenvalue weighted by Crippen LogP contribution is -2.32. The van der Waals surface area contributed by atoms with Gasteiger partial charge in [0, 0.05) is 24.7 Å². The quantitative estimate of drug-likeness (QED) is 0.897. The van der Waals surface area contributed by atoms with Gasteiger partial charge >= 0.3 is 0 Å². The van der Waals surface area contributed by atoms with Gasteiger partial charge in [0.05, 0.1) is 0 Å². The fourth-order valence-corrected chi connectivity index (χ4v) is 4.09. The summed E-state index contributed by atoms with van der Waals surface area (Å²) in [4.78, 5) is 4.41. The van der Waals surface area contributed by atoms with Crippen LogP contribution in [0.3, 0.4) is 0 Å². The molecule has 0 amide bonds. The zero-order valence-electron chi connectivity index (χ0n) is 10.8. The van der Waals surface area contributed by atoms with E-state index in [4.69, 9.17) is 5.73 Å². The molecule has 1 aliphatic carbocycles. The second-order valence-corrected chi connectivity index (χ2v) is 6.27. The molecule has 1 aromatic rings. The third-order valence-electron chi connectivity index (χ3n) is 3.95. The van der Waals surface area contributed by atoms with E-state index in [9.17, 15) is 0 Å². The molecule has 0 saturated heterocycles. The molecule has 2 N–H and O–H groups in total. The van der Waals surface area contributed by atoms with Crippen LogP contribution in [0.15, 0.2) is 17.6 Å². The number of aromatic nitrogens is 2. The maximum absolute atomic E-state index is 5.91. The summed E-state index contributed by atoms with van der Waals surface area (Å²) in [6.07, 6.45) is 9.14. The molecule has 1 aliphatic rings. The summed E-state index contributed by atoms with van der Waals surface area (Å²) in [5.41, 5.74) is 5.91. The van der Waals surface area contributed by atoms with Gasteiger partial charge in [-0.15, -0.1) is 0 Å². The van der Waals surface area contributed by atoms with Crippen molar-refractivity contribution in [2.75, 3.05) is 6.54 Å². The minimum Gasteiger partial charge on any atom is -0.330 e. The maximum Gasteiger partial charge on any atom is 0.167 e. The molecular formula is C13H23N3S. The molecule has 0 radical (unpaired) electrons. The van der Waals surface area contributed by atoms with E-state index in [0.29, 0.717) is 11.2 Å². The molecule has 0 aromatic carbocycles. The Morgan fingerprint density at radius 1 is 1.53 bits per heavy atom. The number of nitrogens with zero attached hydrogens (tertiary/aromatic N) is 2. The smallest absolute Gasteiger partial charge is 0.167 e. The van der Waals surface area contributed by atoms with E-state index in [1.165, 1.54) is 25.7 Å². The van der Waals surface area contributed by atoms with E-state index in [2.05, 4.69) is 23.5 Å². The molecule has 17 heavy (non-hydrogen) atoms. The first kappa shape index (κ1) is 13.0. The number of thioether (sulfide) groups is 1. The van der Waals surface area contributed by atoms with Gasteiger partial charge in [-0.25, -0.2) is 4.98 Å². The number of nitrogens with two attached hydrogens (primary N) is 1. The predicted octanol–water partition coefficient (Wildman–Crippen LogP) is 2.67. The zero-order valence-corrected chi connectivity index (χ0v) is 11.6. The molecule has 1 heterocycles. The summed E-state index contributed by atoms with van der Waals surface area (Å²) in [6.45, 7) is 3.12. The summed E-state index contributed by atoms with van der Waals surface area (Å²) >= 11 is 1.92. The Labute approximate surface area is 108 Å². The topological polar surface area (TPSA) is 43.8 Å². The van der Waals surface area contributed by atoms with Gasteiger partial charge in [-0.05, 0) is 31.2 Å². The lowest BCUT2D eigenvalue weighted by Gasteiger charge is -2.34. The van der Waals surface area contributed by atoms with Crippen molar-refractivity contribution in [1.29, 1.82) is 0 Å². The number of hydrogen-bond donors (Lipinski definition) is 1. The van der Waals surface area contributed by atoms with E-state index in [0.717, 1.165) is 17.6 Å². The average molecular weight is 253 g/mol. The Morgan fingerprint density at radius 2 is 2.35 bits per heavy atom. The van der Waals surface area contributed by atoms with Crippen LogP contribution in [-0.2, 0) is 7.05 Å². The van der Waals surface area contributed by atoms with Crippen LogP contribution in [0.2, 0.25) is 0 Å². The second-order valence-electron chi connectivity index (χ2n) is 5.06. The molecule has 1 fully saturated rings. The van der Waals surface area contributed by atoms with Crippen LogP contribution in [0, 0.1) is 11.8 Å². The molecule has 96 valence electrons. The largest absolute Gasteiger partial charge is 0.330 e. The van der Waals surface area contributed by atoms with Crippen molar-refractivity contribution in [3.63, 3.8) is 0 Å². The van der Waals surface area contributed by atoms with Crippen LogP contribution >= 0.6 is 11.8 Å². The summed E-state index contributed by atoms with van der Waals surface area (Å²) < 4.78 is 2.10. The van der Waals surface area contributed by atoms with Crippen molar-refractivity contribution in [2.45, 2.75) is 43.0 Å². The molecule has 0 bridgehead atoms. The van der Waals surface area contributed by atoms with Gasteiger partial charge in [0.1, 0.15) is 0 Å². The lowest BCUT2D eigenvalue weighted by atomic mass is 9.80. The molecule has 1 saturated carbocycles. The Balaban J connectivity index is 2.03. The normalized spacial score (nSPS) is 29.5. The SMILES string of the molecule is CCC1CCC(CN)C(Sc2nccn2C)C1. The summed E-state index contributed by atoms with van der Waals surface area (Å²) in [5, 5.41) is 1.78. The van der Waals surface area contributed by atoms with Gasteiger partial charge in [-0.2, -0.15) is 0 Å². The van der Waals surface area contributed by atoms with Crippen LogP contribution in [0.1, 0.15) is 32.6 Å². The zero-order chi connectivity index (χ0) is 12.3. The third kappa shape index (κ3) is 3.05. The van der Waals surface area contributed by atoms with E-state index in [1.54, 1.807) is 0 Å². The van der Waals surface area contributed by atoms with Gasteiger partial charge in [-0.3, -0.25) is 0 Å². The number of aryl methyl sites for hydroxylation is 1. The van der Waals surface area contributed by atoms with Gasteiger partial charge in [0.2, 0.25) is 0 Å². The van der Waals surface area contributed by atoms with Crippen LogP contribution < -0.4 is 5.73 Å². The highest BCUT2D eigenvalue weighted by molar-refractivity contribution is 7.99. The molecule has 3 atom stereocenters. The van der Waals surface area contributed by atoms with E-state index in [-0.39, 0.29) is 0 Å². The monoisotopic (exact) mass is 253 g/mol. The van der Waals surface area contributed by atoms with E-state index >= 15 is 0 Å². The highest BCUT2D eigenvalue weighted by Gasteiger charge is 2.30. The predicted molar refractivity (Wildman–Crippen MR) is 73.0 cm³/mol. The van der Waals surface area contributed by atoms with Crippen molar-refractivity contribution in [1.82, 2.24) is 9.55 Å². The molecular weight excluding hydrogens is 230 g/mol. The molecule has 2 rings (SSSR count). The molecule has 3 unspecified atom stereocenters. The highest BCUT2D eigenvalue weighted by Crippen LogP contribution is 2.39. The standard InChI is InChI=1S/C13H23N3S/c1-3-10-4-5-11(9-14)12(8-10)17-13-15-6-7-16(13)2/h6-7,10-12H,3-5,8-9,14H2,1-2H3. The Kier molecular flexibility index (Phi) is 4.51. The van der Waals surface area contributed by atoms with Crippen LogP contribution in [0.25, 0.3) is 0 Å². The van der Waals surface area contributed by atoms with Gasteiger partial charge in [0.15, 0.2) is 5.16 Å². The van der Waals surface area contributed by atoms with Crippen LogP contribution in [-0.4, -0.2) is 21.3 Å². The van der Waals surface area contributed by atoms with Crippen molar-refractivity contribution in [3.8, 4) is 0 Å². The van der Waals surface area contributed by atoms with Crippen molar-refractivity contribution >= 4 is 11.8 Å². The Hall–Kier alpha value is -0.480. The van der Waals surface area contributed by atoms with Crippen molar-refractivity contribution in [2.24, 2.45) is 24.6 Å². The number of hydrogen-bond acceptors (Lipinski definition) is 3. The van der Waals surface area contributed by atoms with Crippen LogP contribution in [0.5, 0.6) is 0 Å². The maximum atomic E-state index is 5.91. The first-order valence-electron chi connectivity index (χ1n) is 6.58. The molecule has 0 spiro atoms. The number of imidazole rings is 1. The Morgan fingerprint density at radius 3 is 2.94 bits per heavy atom. The van der Waals surface area contributed by atoms with Gasteiger partial charge in [0.25, 0.3) is 0 Å². The van der Waals surface area contributed by atoms with E-state index < -0.39 is 0 Å². The molecule has 1 aromatic heterocycles. The minimum absolute atomic E-state index is 0.653. The second kappa shape index (κ2) is 5.91. The molecule has 4 heteroatoms. The third-order valence-corrected chi connectivity index (χ3v) is 5.44. The van der Waals surface area contributed by atoms with Crippen LogP contribution in [0.4, 0.5) is 0 Å². The average Bonchev–Trinajstić information content (AvgIpc) is 2.75. The number of rotatable bonds is 4.